The molecule has 0 N–H and O–H groups in total. The van der Waals surface area contributed by atoms with Crippen molar-refractivity contribution in [1.29, 1.82) is 0 Å². The molecular formula is C8H8ClOP. The monoisotopic (exact) mass is 186 g/mol. The summed E-state index contributed by atoms with van der Waals surface area (Å²) in [5.74, 6) is 0.0394. The van der Waals surface area contributed by atoms with Gasteiger partial charge in [-0.25, -0.2) is 0 Å². The van der Waals surface area contributed by atoms with Gasteiger partial charge in [0.05, 0.1) is 0 Å². The number of hydrogen-bond acceptors (Lipinski definition) is 1. The first-order valence-corrected chi connectivity index (χ1v) is 4.13. The molecule has 1 aromatic carbocycles. The Bertz CT molecular complexity index is 296. The molecule has 0 fully saturated rings. The van der Waals surface area contributed by atoms with E-state index in [-0.39, 0.29) is 5.78 Å². The highest BCUT2D eigenvalue weighted by molar-refractivity contribution is 7.27. The van der Waals surface area contributed by atoms with Gasteiger partial charge in [-0.05, 0) is 24.4 Å². The van der Waals surface area contributed by atoms with Crippen LogP contribution in [0.25, 0.3) is 0 Å². The van der Waals surface area contributed by atoms with Crippen LogP contribution in [0.2, 0.25) is 5.02 Å². The number of hydrogen-bond donors (Lipinski definition) is 0. The van der Waals surface area contributed by atoms with Gasteiger partial charge in [-0.2, -0.15) is 0 Å². The highest BCUT2D eigenvalue weighted by Gasteiger charge is 2.03. The molecule has 0 aliphatic carbocycles. The molecule has 3 heteroatoms. The predicted octanol–water partition coefficient (Wildman–Crippen LogP) is 2.04. The Hall–Kier alpha value is -0.390. The molecule has 0 aromatic heterocycles. The van der Waals surface area contributed by atoms with Crippen molar-refractivity contribution in [3.8, 4) is 0 Å². The molecule has 0 heterocycles. The summed E-state index contributed by atoms with van der Waals surface area (Å²) < 4.78 is 0. The standard InChI is InChI=1S/C8H8ClOP/c1-5(10)7-4-6(9)2-3-8(7)11/h2-4H,11H2,1H3. The summed E-state index contributed by atoms with van der Waals surface area (Å²) in [7, 11) is 2.50. The van der Waals surface area contributed by atoms with E-state index in [0.717, 1.165) is 5.30 Å². The SMILES string of the molecule is CC(=O)c1cc(Cl)ccc1P. The van der Waals surface area contributed by atoms with Crippen molar-refractivity contribution in [2.24, 2.45) is 0 Å². The van der Waals surface area contributed by atoms with Gasteiger partial charge in [0.15, 0.2) is 5.78 Å². The average molecular weight is 187 g/mol. The largest absolute Gasteiger partial charge is 0.294 e. The maximum Gasteiger partial charge on any atom is 0.160 e. The second-order valence-electron chi connectivity index (χ2n) is 2.29. The quantitative estimate of drug-likeness (QED) is 0.485. The van der Waals surface area contributed by atoms with Crippen molar-refractivity contribution >= 4 is 31.9 Å². The molecule has 0 bridgehead atoms. The van der Waals surface area contributed by atoms with E-state index < -0.39 is 0 Å². The molecule has 11 heavy (non-hydrogen) atoms. The van der Waals surface area contributed by atoms with E-state index in [1.54, 1.807) is 12.1 Å². The maximum atomic E-state index is 10.9. The van der Waals surface area contributed by atoms with Crippen LogP contribution in [0.15, 0.2) is 18.2 Å². The van der Waals surface area contributed by atoms with Gasteiger partial charge in [-0.1, -0.05) is 17.7 Å². The average Bonchev–Trinajstić information content (AvgIpc) is 1.94. The van der Waals surface area contributed by atoms with Crippen molar-refractivity contribution in [1.82, 2.24) is 0 Å². The number of carbonyl (C=O) groups excluding carboxylic acids is 1. The predicted molar refractivity (Wildman–Crippen MR) is 50.8 cm³/mol. The molecule has 1 rings (SSSR count). The van der Waals surface area contributed by atoms with Crippen molar-refractivity contribution in [3.05, 3.63) is 28.8 Å². The number of carbonyl (C=O) groups is 1. The van der Waals surface area contributed by atoms with E-state index in [0.29, 0.717) is 10.6 Å². The van der Waals surface area contributed by atoms with Crippen LogP contribution in [0.4, 0.5) is 0 Å². The topological polar surface area (TPSA) is 17.1 Å². The van der Waals surface area contributed by atoms with Crippen molar-refractivity contribution in [2.45, 2.75) is 6.92 Å². The van der Waals surface area contributed by atoms with E-state index in [1.165, 1.54) is 6.92 Å². The van der Waals surface area contributed by atoms with E-state index in [1.807, 2.05) is 6.07 Å². The van der Waals surface area contributed by atoms with Crippen LogP contribution < -0.4 is 5.30 Å². The molecule has 0 saturated carbocycles. The van der Waals surface area contributed by atoms with Crippen molar-refractivity contribution in [2.75, 3.05) is 0 Å². The Kier molecular flexibility index (Phi) is 2.64. The van der Waals surface area contributed by atoms with Gasteiger partial charge in [-0.3, -0.25) is 4.79 Å². The van der Waals surface area contributed by atoms with Crippen LogP contribution in [0, 0.1) is 0 Å². The van der Waals surface area contributed by atoms with E-state index >= 15 is 0 Å². The number of benzene rings is 1. The Morgan fingerprint density at radius 1 is 1.55 bits per heavy atom. The number of Topliss-reactive ketones (excluding diaryl/α,β-unsaturated/α-hetero) is 1. The van der Waals surface area contributed by atoms with Crippen LogP contribution in [0.5, 0.6) is 0 Å². The fraction of sp³-hybridized carbons (Fsp3) is 0.125. The van der Waals surface area contributed by atoms with Gasteiger partial charge in [0.25, 0.3) is 0 Å². The minimum absolute atomic E-state index is 0.0394. The molecule has 0 aliphatic rings. The molecular weight excluding hydrogens is 179 g/mol. The van der Waals surface area contributed by atoms with Gasteiger partial charge >= 0.3 is 0 Å². The summed E-state index contributed by atoms with van der Waals surface area (Å²) in [6, 6.07) is 5.24. The third kappa shape index (κ3) is 2.02. The lowest BCUT2D eigenvalue weighted by Crippen LogP contribution is -2.05. The molecule has 1 atom stereocenters. The van der Waals surface area contributed by atoms with Crippen LogP contribution >= 0.6 is 20.8 Å². The molecule has 0 aliphatic heterocycles. The molecule has 0 radical (unpaired) electrons. The molecule has 0 saturated heterocycles. The number of ketones is 1. The molecule has 58 valence electrons. The van der Waals surface area contributed by atoms with Crippen molar-refractivity contribution in [3.63, 3.8) is 0 Å². The lowest BCUT2D eigenvalue weighted by Gasteiger charge is -2.00. The van der Waals surface area contributed by atoms with Gasteiger partial charge in [0.2, 0.25) is 0 Å². The highest BCUT2D eigenvalue weighted by Crippen LogP contribution is 2.11. The second kappa shape index (κ2) is 3.34. The smallest absolute Gasteiger partial charge is 0.160 e. The lowest BCUT2D eigenvalue weighted by atomic mass is 10.1. The van der Waals surface area contributed by atoms with E-state index in [9.17, 15) is 4.79 Å². The Morgan fingerprint density at radius 3 is 2.64 bits per heavy atom. The summed E-state index contributed by atoms with van der Waals surface area (Å²) in [6.45, 7) is 1.53. The highest BCUT2D eigenvalue weighted by atomic mass is 35.5. The second-order valence-corrected chi connectivity index (χ2v) is 3.35. The first-order chi connectivity index (χ1) is 5.11. The van der Waals surface area contributed by atoms with Crippen LogP contribution in [0.3, 0.4) is 0 Å². The first-order valence-electron chi connectivity index (χ1n) is 3.17. The third-order valence-electron chi connectivity index (χ3n) is 1.39. The molecule has 1 aromatic rings. The maximum absolute atomic E-state index is 10.9. The summed E-state index contributed by atoms with van der Waals surface area (Å²) in [5.41, 5.74) is 0.669. The zero-order valence-electron chi connectivity index (χ0n) is 6.10. The summed E-state index contributed by atoms with van der Waals surface area (Å²) in [6.07, 6.45) is 0. The van der Waals surface area contributed by atoms with Gasteiger partial charge in [0, 0.05) is 10.6 Å². The van der Waals surface area contributed by atoms with Gasteiger partial charge in [-0.15, -0.1) is 9.24 Å². The molecule has 0 amide bonds. The Morgan fingerprint density at radius 2 is 2.18 bits per heavy atom. The molecule has 1 unspecified atom stereocenters. The van der Waals surface area contributed by atoms with Crippen molar-refractivity contribution < 1.29 is 4.79 Å². The van der Waals surface area contributed by atoms with Gasteiger partial charge in [0.1, 0.15) is 0 Å². The van der Waals surface area contributed by atoms with E-state index in [4.69, 9.17) is 11.6 Å². The van der Waals surface area contributed by atoms with Crippen LogP contribution in [0.1, 0.15) is 17.3 Å². The number of rotatable bonds is 1. The normalized spacial score (nSPS) is 9.73. The van der Waals surface area contributed by atoms with Crippen LogP contribution in [-0.4, -0.2) is 5.78 Å². The Balaban J connectivity index is 3.23. The summed E-state index contributed by atoms with van der Waals surface area (Å²) in [5, 5.41) is 1.49. The first kappa shape index (κ1) is 8.70. The summed E-state index contributed by atoms with van der Waals surface area (Å²) >= 11 is 5.70. The van der Waals surface area contributed by atoms with E-state index in [2.05, 4.69) is 9.24 Å². The Labute approximate surface area is 73.0 Å². The minimum atomic E-state index is 0.0394. The minimum Gasteiger partial charge on any atom is -0.294 e. The zero-order chi connectivity index (χ0) is 8.43. The lowest BCUT2D eigenvalue weighted by molar-refractivity contribution is 0.101. The van der Waals surface area contributed by atoms with Gasteiger partial charge < -0.3 is 0 Å². The third-order valence-corrected chi connectivity index (χ3v) is 2.13. The zero-order valence-corrected chi connectivity index (χ0v) is 8.01. The summed E-state index contributed by atoms with van der Waals surface area (Å²) in [4.78, 5) is 10.9. The molecule has 0 spiro atoms. The number of halogens is 1. The fourth-order valence-electron chi connectivity index (χ4n) is 0.833. The molecule has 1 nitrogen and oxygen atoms in total. The van der Waals surface area contributed by atoms with Crippen LogP contribution in [-0.2, 0) is 0 Å². The fourth-order valence-corrected chi connectivity index (χ4v) is 1.39.